The number of hydrogen-bond donors (Lipinski definition) is 1. The summed E-state index contributed by atoms with van der Waals surface area (Å²) in [6, 6.07) is 26.8. The molecule has 1 aliphatic heterocycles. The molecule has 5 nitrogen and oxygen atoms in total. The highest BCUT2D eigenvalue weighted by molar-refractivity contribution is 5.98. The Morgan fingerprint density at radius 2 is 1.55 bits per heavy atom. The van der Waals surface area contributed by atoms with Gasteiger partial charge in [0.2, 0.25) is 0 Å². The minimum atomic E-state index is -0.703. The Balaban J connectivity index is 1.27. The topological polar surface area (TPSA) is 62.1 Å². The number of carboxylic acids is 1. The van der Waals surface area contributed by atoms with Crippen LogP contribution in [0.2, 0.25) is 0 Å². The molecule has 1 heterocycles. The number of benzene rings is 3. The van der Waals surface area contributed by atoms with Gasteiger partial charge in [0.15, 0.2) is 0 Å². The van der Waals surface area contributed by atoms with Crippen LogP contribution in [0.4, 0.5) is 0 Å². The average Bonchev–Trinajstić information content (AvgIpc) is 2.77. The first-order chi connectivity index (χ1) is 15.1. The van der Waals surface area contributed by atoms with Gasteiger partial charge in [0.05, 0.1) is 11.6 Å². The molecule has 1 fully saturated rings. The predicted octanol–water partition coefficient (Wildman–Crippen LogP) is 4.81. The predicted molar refractivity (Wildman–Crippen MR) is 122 cm³/mol. The summed E-state index contributed by atoms with van der Waals surface area (Å²) in [5.41, 5.74) is 6.45. The molecule has 0 aliphatic carbocycles. The molecule has 5 heteroatoms. The Kier molecular flexibility index (Phi) is 6.43. The van der Waals surface area contributed by atoms with Gasteiger partial charge < -0.3 is 9.94 Å². The number of aliphatic carboxylic acids is 1. The van der Waals surface area contributed by atoms with Crippen molar-refractivity contribution >= 4 is 11.7 Å². The molecule has 0 amide bonds. The van der Waals surface area contributed by atoms with E-state index in [4.69, 9.17) is 9.94 Å². The van der Waals surface area contributed by atoms with E-state index in [-0.39, 0.29) is 5.92 Å². The lowest BCUT2D eigenvalue weighted by atomic mass is 9.99. The maximum absolute atomic E-state index is 10.9. The molecule has 0 spiro atoms. The molecular weight excluding hydrogens is 388 g/mol. The van der Waals surface area contributed by atoms with Crippen LogP contribution < -0.4 is 0 Å². The third-order valence-electron chi connectivity index (χ3n) is 5.58. The number of nitrogens with zero attached hydrogens (tertiary/aromatic N) is 2. The molecule has 158 valence electrons. The standard InChI is InChI=1S/C26H26N2O3/c1-19(22-11-7-20(8-12-22)15-28-16-25(17-28)26(29)30)27-31-18-21-9-13-24(14-10-21)23-5-3-2-4-6-23/h2-14,25H,15-18H2,1H3,(H,29,30). The highest BCUT2D eigenvalue weighted by atomic mass is 16.6. The zero-order chi connectivity index (χ0) is 21.6. The Labute approximate surface area is 182 Å². The van der Waals surface area contributed by atoms with Crippen molar-refractivity contribution in [2.75, 3.05) is 13.1 Å². The smallest absolute Gasteiger partial charge is 0.309 e. The van der Waals surface area contributed by atoms with Gasteiger partial charge in [-0.05, 0) is 34.7 Å². The fourth-order valence-corrected chi connectivity index (χ4v) is 3.65. The van der Waals surface area contributed by atoms with E-state index in [0.717, 1.165) is 23.4 Å². The normalized spacial score (nSPS) is 14.8. The van der Waals surface area contributed by atoms with E-state index in [1.165, 1.54) is 16.7 Å². The summed E-state index contributed by atoms with van der Waals surface area (Å²) >= 11 is 0. The number of hydrogen-bond acceptors (Lipinski definition) is 4. The van der Waals surface area contributed by atoms with Crippen molar-refractivity contribution < 1.29 is 14.7 Å². The third-order valence-corrected chi connectivity index (χ3v) is 5.58. The summed E-state index contributed by atoms with van der Waals surface area (Å²) < 4.78 is 0. The van der Waals surface area contributed by atoms with Gasteiger partial charge in [-0.15, -0.1) is 0 Å². The SMILES string of the molecule is CC(=NOCc1ccc(-c2ccccc2)cc1)c1ccc(CN2CC(C(=O)O)C2)cc1. The summed E-state index contributed by atoms with van der Waals surface area (Å²) in [7, 11) is 0. The van der Waals surface area contributed by atoms with Crippen molar-refractivity contribution in [2.24, 2.45) is 11.1 Å². The van der Waals surface area contributed by atoms with E-state index in [1.807, 2.05) is 37.3 Å². The third kappa shape index (κ3) is 5.38. The molecule has 31 heavy (non-hydrogen) atoms. The molecule has 3 aromatic carbocycles. The zero-order valence-corrected chi connectivity index (χ0v) is 17.6. The summed E-state index contributed by atoms with van der Waals surface area (Å²) in [5.74, 6) is -0.925. The monoisotopic (exact) mass is 414 g/mol. The first-order valence-electron chi connectivity index (χ1n) is 10.4. The molecule has 0 radical (unpaired) electrons. The Morgan fingerprint density at radius 3 is 2.19 bits per heavy atom. The van der Waals surface area contributed by atoms with Crippen LogP contribution in [-0.2, 0) is 22.8 Å². The quantitative estimate of drug-likeness (QED) is 0.424. The van der Waals surface area contributed by atoms with Crippen molar-refractivity contribution in [3.05, 3.63) is 95.6 Å². The van der Waals surface area contributed by atoms with Gasteiger partial charge in [0.1, 0.15) is 6.61 Å². The van der Waals surface area contributed by atoms with Crippen LogP contribution in [0.5, 0.6) is 0 Å². The van der Waals surface area contributed by atoms with Gasteiger partial charge in [-0.1, -0.05) is 84.0 Å². The van der Waals surface area contributed by atoms with Gasteiger partial charge in [0, 0.05) is 19.6 Å². The first-order valence-corrected chi connectivity index (χ1v) is 10.4. The van der Waals surface area contributed by atoms with E-state index < -0.39 is 5.97 Å². The lowest BCUT2D eigenvalue weighted by molar-refractivity contribution is -0.147. The minimum absolute atomic E-state index is 0.222. The molecular formula is C26H26N2O3. The first kappa shape index (κ1) is 20.8. The highest BCUT2D eigenvalue weighted by Crippen LogP contribution is 2.20. The molecule has 0 aromatic heterocycles. The number of likely N-dealkylation sites (tertiary alicyclic amines) is 1. The largest absolute Gasteiger partial charge is 0.481 e. The number of oxime groups is 1. The van der Waals surface area contributed by atoms with Crippen LogP contribution in [0.15, 0.2) is 84.0 Å². The lowest BCUT2D eigenvalue weighted by Crippen LogP contribution is -2.49. The molecule has 1 aliphatic rings. The van der Waals surface area contributed by atoms with Crippen LogP contribution in [-0.4, -0.2) is 34.8 Å². The van der Waals surface area contributed by atoms with Gasteiger partial charge in [-0.25, -0.2) is 0 Å². The van der Waals surface area contributed by atoms with Crippen LogP contribution >= 0.6 is 0 Å². The fraction of sp³-hybridized carbons (Fsp3) is 0.231. The number of carboxylic acid groups (broad SMARTS) is 1. The van der Waals surface area contributed by atoms with Crippen LogP contribution in [0, 0.1) is 5.92 Å². The Morgan fingerprint density at radius 1 is 0.935 bits per heavy atom. The molecule has 1 saturated heterocycles. The average molecular weight is 415 g/mol. The van der Waals surface area contributed by atoms with Crippen molar-refractivity contribution in [2.45, 2.75) is 20.1 Å². The second-order valence-electron chi connectivity index (χ2n) is 7.94. The van der Waals surface area contributed by atoms with Crippen molar-refractivity contribution in [1.82, 2.24) is 4.90 Å². The minimum Gasteiger partial charge on any atom is -0.481 e. The zero-order valence-electron chi connectivity index (χ0n) is 17.6. The van der Waals surface area contributed by atoms with Crippen LogP contribution in [0.25, 0.3) is 11.1 Å². The number of rotatable bonds is 8. The van der Waals surface area contributed by atoms with Crippen molar-refractivity contribution in [1.29, 1.82) is 0 Å². The summed E-state index contributed by atoms with van der Waals surface area (Å²) in [6.07, 6.45) is 0. The maximum atomic E-state index is 10.9. The molecule has 0 unspecified atom stereocenters. The van der Waals surface area contributed by atoms with Gasteiger partial charge in [0.25, 0.3) is 0 Å². The van der Waals surface area contributed by atoms with Gasteiger partial charge >= 0.3 is 5.97 Å². The molecule has 0 bridgehead atoms. The summed E-state index contributed by atoms with van der Waals surface area (Å²) in [4.78, 5) is 18.6. The second-order valence-corrected chi connectivity index (χ2v) is 7.94. The van der Waals surface area contributed by atoms with Crippen molar-refractivity contribution in [3.63, 3.8) is 0 Å². The Hall–Kier alpha value is -3.44. The maximum Gasteiger partial charge on any atom is 0.309 e. The molecule has 1 N–H and O–H groups in total. The highest BCUT2D eigenvalue weighted by Gasteiger charge is 2.32. The molecule has 0 atom stereocenters. The van der Waals surface area contributed by atoms with E-state index in [1.54, 1.807) is 0 Å². The fourth-order valence-electron chi connectivity index (χ4n) is 3.65. The van der Waals surface area contributed by atoms with Crippen LogP contribution in [0.1, 0.15) is 23.6 Å². The second kappa shape index (κ2) is 9.58. The van der Waals surface area contributed by atoms with E-state index in [2.05, 4.69) is 58.6 Å². The van der Waals surface area contributed by atoms with Crippen molar-refractivity contribution in [3.8, 4) is 11.1 Å². The van der Waals surface area contributed by atoms with E-state index in [0.29, 0.717) is 19.7 Å². The van der Waals surface area contributed by atoms with E-state index in [9.17, 15) is 4.79 Å². The van der Waals surface area contributed by atoms with Gasteiger partial charge in [-0.3, -0.25) is 9.69 Å². The molecule has 4 rings (SSSR count). The lowest BCUT2D eigenvalue weighted by Gasteiger charge is -2.36. The van der Waals surface area contributed by atoms with Crippen LogP contribution in [0.3, 0.4) is 0 Å². The Bertz CT molecular complexity index is 1040. The summed E-state index contributed by atoms with van der Waals surface area (Å²) in [5, 5.41) is 13.2. The summed E-state index contributed by atoms with van der Waals surface area (Å²) in [6.45, 7) is 4.37. The van der Waals surface area contributed by atoms with Gasteiger partial charge in [-0.2, -0.15) is 0 Å². The molecule has 0 saturated carbocycles. The van der Waals surface area contributed by atoms with E-state index >= 15 is 0 Å². The number of carbonyl (C=O) groups is 1. The molecule has 3 aromatic rings.